The number of piperazine rings is 1. The van der Waals surface area contributed by atoms with Crippen LogP contribution in [0.2, 0.25) is 0 Å². The predicted octanol–water partition coefficient (Wildman–Crippen LogP) is 2.84. The fourth-order valence-corrected chi connectivity index (χ4v) is 3.79. The zero-order valence-corrected chi connectivity index (χ0v) is 13.3. The average molecular weight is 270 g/mol. The van der Waals surface area contributed by atoms with Gasteiger partial charge in [-0.3, -0.25) is 4.90 Å². The van der Waals surface area contributed by atoms with Gasteiger partial charge in [-0.15, -0.1) is 0 Å². The Morgan fingerprint density at radius 1 is 1.28 bits per heavy atom. The average Bonchev–Trinajstić information content (AvgIpc) is 3.19. The Balaban J connectivity index is 1.94. The van der Waals surface area contributed by atoms with Crippen LogP contribution in [0.5, 0.6) is 0 Å². The number of rotatable bonds is 6. The normalized spacial score (nSPS) is 31.8. The lowest BCUT2D eigenvalue weighted by atomic mass is 9.95. The zero-order valence-electron chi connectivity index (χ0n) is 12.5. The van der Waals surface area contributed by atoms with Crippen molar-refractivity contribution in [1.82, 2.24) is 10.2 Å². The summed E-state index contributed by atoms with van der Waals surface area (Å²) in [6.45, 7) is 9.66. The van der Waals surface area contributed by atoms with Gasteiger partial charge in [0.25, 0.3) is 0 Å². The van der Waals surface area contributed by atoms with Gasteiger partial charge in [-0.1, -0.05) is 13.8 Å². The molecular weight excluding hydrogens is 240 g/mol. The van der Waals surface area contributed by atoms with E-state index in [4.69, 9.17) is 0 Å². The van der Waals surface area contributed by atoms with E-state index in [1.54, 1.807) is 0 Å². The SMILES string of the molecule is CSCCC(C)N1CC(C2CC2)NCC1C(C)C. The van der Waals surface area contributed by atoms with Gasteiger partial charge in [0.2, 0.25) is 0 Å². The van der Waals surface area contributed by atoms with Gasteiger partial charge >= 0.3 is 0 Å². The summed E-state index contributed by atoms with van der Waals surface area (Å²) < 4.78 is 0. The van der Waals surface area contributed by atoms with Gasteiger partial charge in [-0.05, 0) is 50.0 Å². The highest BCUT2D eigenvalue weighted by atomic mass is 32.2. The number of hydrogen-bond acceptors (Lipinski definition) is 3. The van der Waals surface area contributed by atoms with Crippen LogP contribution in [0.15, 0.2) is 0 Å². The predicted molar refractivity (Wildman–Crippen MR) is 82.3 cm³/mol. The molecule has 0 aromatic rings. The molecule has 2 nitrogen and oxygen atoms in total. The van der Waals surface area contributed by atoms with Crippen LogP contribution in [-0.4, -0.2) is 48.1 Å². The summed E-state index contributed by atoms with van der Waals surface area (Å²) in [6, 6.07) is 2.25. The fraction of sp³-hybridized carbons (Fsp3) is 1.00. The number of nitrogens with one attached hydrogen (secondary N) is 1. The summed E-state index contributed by atoms with van der Waals surface area (Å²) in [4.78, 5) is 2.81. The van der Waals surface area contributed by atoms with Gasteiger partial charge in [-0.2, -0.15) is 11.8 Å². The Morgan fingerprint density at radius 2 is 2.00 bits per heavy atom. The minimum absolute atomic E-state index is 0.733. The largest absolute Gasteiger partial charge is 0.311 e. The van der Waals surface area contributed by atoms with Crippen LogP contribution in [0.3, 0.4) is 0 Å². The summed E-state index contributed by atoms with van der Waals surface area (Å²) in [5.41, 5.74) is 0. The molecule has 0 amide bonds. The smallest absolute Gasteiger partial charge is 0.0247 e. The van der Waals surface area contributed by atoms with Crippen LogP contribution in [0.1, 0.15) is 40.0 Å². The third kappa shape index (κ3) is 3.64. The molecule has 1 N–H and O–H groups in total. The zero-order chi connectivity index (χ0) is 13.1. The summed E-state index contributed by atoms with van der Waals surface area (Å²) in [5.74, 6) is 3.03. The van der Waals surface area contributed by atoms with E-state index < -0.39 is 0 Å². The molecule has 106 valence electrons. The number of thioether (sulfide) groups is 1. The summed E-state index contributed by atoms with van der Waals surface area (Å²) in [5, 5.41) is 3.81. The van der Waals surface area contributed by atoms with E-state index in [2.05, 4.69) is 37.2 Å². The lowest BCUT2D eigenvalue weighted by Gasteiger charge is -2.46. The van der Waals surface area contributed by atoms with Crippen molar-refractivity contribution in [3.05, 3.63) is 0 Å². The van der Waals surface area contributed by atoms with Crippen molar-refractivity contribution in [2.24, 2.45) is 11.8 Å². The lowest BCUT2D eigenvalue weighted by molar-refractivity contribution is 0.0563. The molecule has 3 unspecified atom stereocenters. The molecule has 1 saturated heterocycles. The molecule has 0 aromatic heterocycles. The van der Waals surface area contributed by atoms with E-state index in [1.165, 1.54) is 38.1 Å². The molecule has 2 aliphatic rings. The van der Waals surface area contributed by atoms with Gasteiger partial charge in [-0.25, -0.2) is 0 Å². The molecular formula is C15H30N2S. The first kappa shape index (κ1) is 14.7. The van der Waals surface area contributed by atoms with Crippen molar-refractivity contribution in [3.63, 3.8) is 0 Å². The van der Waals surface area contributed by atoms with Crippen LogP contribution in [0.25, 0.3) is 0 Å². The quantitative estimate of drug-likeness (QED) is 0.799. The first-order valence-corrected chi connectivity index (χ1v) is 9.01. The van der Waals surface area contributed by atoms with E-state index in [0.29, 0.717) is 0 Å². The lowest BCUT2D eigenvalue weighted by Crippen LogP contribution is -2.61. The molecule has 2 fully saturated rings. The Morgan fingerprint density at radius 3 is 2.56 bits per heavy atom. The van der Waals surface area contributed by atoms with E-state index in [0.717, 1.165) is 30.0 Å². The highest BCUT2D eigenvalue weighted by Crippen LogP contribution is 2.35. The molecule has 0 spiro atoms. The Kier molecular flexibility index (Phi) is 5.40. The second kappa shape index (κ2) is 6.62. The maximum atomic E-state index is 3.81. The van der Waals surface area contributed by atoms with Crippen molar-refractivity contribution >= 4 is 11.8 Å². The van der Waals surface area contributed by atoms with Crippen molar-refractivity contribution in [2.45, 2.75) is 58.2 Å². The molecule has 1 heterocycles. The molecule has 1 aliphatic heterocycles. The highest BCUT2D eigenvalue weighted by Gasteiger charge is 2.39. The van der Waals surface area contributed by atoms with E-state index >= 15 is 0 Å². The first-order valence-electron chi connectivity index (χ1n) is 7.61. The maximum absolute atomic E-state index is 3.81. The van der Waals surface area contributed by atoms with Crippen LogP contribution < -0.4 is 5.32 Å². The van der Waals surface area contributed by atoms with Crippen LogP contribution in [-0.2, 0) is 0 Å². The number of nitrogens with zero attached hydrogens (tertiary/aromatic N) is 1. The Hall–Kier alpha value is 0.270. The fourth-order valence-electron chi connectivity index (χ4n) is 3.21. The van der Waals surface area contributed by atoms with Crippen molar-refractivity contribution < 1.29 is 0 Å². The second-order valence-electron chi connectivity index (χ2n) is 6.49. The standard InChI is InChI=1S/C15H30N2S/c1-11(2)15-9-16-14(13-5-6-13)10-17(15)12(3)7-8-18-4/h11-16H,5-10H2,1-4H3. The third-order valence-corrected chi connectivity index (χ3v) is 5.33. The molecule has 3 heteroatoms. The minimum atomic E-state index is 0.733. The second-order valence-corrected chi connectivity index (χ2v) is 7.48. The maximum Gasteiger partial charge on any atom is 0.0247 e. The summed E-state index contributed by atoms with van der Waals surface area (Å²) in [6.07, 6.45) is 6.47. The molecule has 2 rings (SSSR count). The van der Waals surface area contributed by atoms with Gasteiger partial charge < -0.3 is 5.32 Å². The molecule has 0 aromatic carbocycles. The molecule has 1 aliphatic carbocycles. The molecule has 0 bridgehead atoms. The van der Waals surface area contributed by atoms with Crippen molar-refractivity contribution in [3.8, 4) is 0 Å². The third-order valence-electron chi connectivity index (χ3n) is 4.69. The molecule has 18 heavy (non-hydrogen) atoms. The topological polar surface area (TPSA) is 15.3 Å². The number of hydrogen-bond donors (Lipinski definition) is 1. The van der Waals surface area contributed by atoms with Crippen LogP contribution in [0, 0.1) is 11.8 Å². The van der Waals surface area contributed by atoms with Gasteiger partial charge in [0.1, 0.15) is 0 Å². The van der Waals surface area contributed by atoms with Crippen LogP contribution >= 0.6 is 11.8 Å². The van der Waals surface area contributed by atoms with E-state index in [-0.39, 0.29) is 0 Å². The van der Waals surface area contributed by atoms with Crippen molar-refractivity contribution in [1.29, 1.82) is 0 Å². The van der Waals surface area contributed by atoms with Crippen molar-refractivity contribution in [2.75, 3.05) is 25.1 Å². The van der Waals surface area contributed by atoms with E-state index in [1.807, 2.05) is 11.8 Å². The first-order chi connectivity index (χ1) is 8.63. The summed E-state index contributed by atoms with van der Waals surface area (Å²) in [7, 11) is 0. The molecule has 1 saturated carbocycles. The summed E-state index contributed by atoms with van der Waals surface area (Å²) >= 11 is 1.98. The Labute approximate surface area is 117 Å². The molecule has 3 atom stereocenters. The van der Waals surface area contributed by atoms with Gasteiger partial charge in [0.15, 0.2) is 0 Å². The Bertz CT molecular complexity index is 253. The van der Waals surface area contributed by atoms with Gasteiger partial charge in [0.05, 0.1) is 0 Å². The van der Waals surface area contributed by atoms with E-state index in [9.17, 15) is 0 Å². The molecule has 0 radical (unpaired) electrons. The van der Waals surface area contributed by atoms with Crippen LogP contribution in [0.4, 0.5) is 0 Å². The minimum Gasteiger partial charge on any atom is -0.311 e. The monoisotopic (exact) mass is 270 g/mol. The highest BCUT2D eigenvalue weighted by molar-refractivity contribution is 7.98. The van der Waals surface area contributed by atoms with Gasteiger partial charge in [0, 0.05) is 31.2 Å².